The van der Waals surface area contributed by atoms with Gasteiger partial charge in [0.2, 0.25) is 0 Å². The minimum Gasteiger partial charge on any atom is -0.480 e. The molecule has 3 atom stereocenters. The summed E-state index contributed by atoms with van der Waals surface area (Å²) in [5.41, 5.74) is 6.61. The van der Waals surface area contributed by atoms with Crippen LogP contribution in [0, 0.1) is 0 Å². The van der Waals surface area contributed by atoms with E-state index in [0.29, 0.717) is 19.4 Å². The summed E-state index contributed by atoms with van der Waals surface area (Å²) in [6.07, 6.45) is 3.35. The molecule has 0 aliphatic carbocycles. The first-order chi connectivity index (χ1) is 9.49. The van der Waals surface area contributed by atoms with E-state index in [1.54, 1.807) is 17.1 Å². The van der Waals surface area contributed by atoms with Crippen molar-refractivity contribution in [1.82, 2.24) is 14.9 Å². The predicted molar refractivity (Wildman–Crippen MR) is 68.8 cm³/mol. The number of nitrogens with zero attached hydrogens (tertiary/aromatic N) is 2. The van der Waals surface area contributed by atoms with Gasteiger partial charge in [-0.05, 0) is 13.0 Å². The highest BCUT2D eigenvalue weighted by atomic mass is 16.5. The third kappa shape index (κ3) is 3.14. The second-order valence-corrected chi connectivity index (χ2v) is 4.84. The minimum absolute atomic E-state index is 0.299. The number of carbonyl (C=O) groups excluding carboxylic acids is 1. The van der Waals surface area contributed by atoms with E-state index in [4.69, 9.17) is 15.6 Å². The number of carbonyl (C=O) groups is 2. The smallest absolute Gasteiger partial charge is 0.324 e. The van der Waals surface area contributed by atoms with Crippen molar-refractivity contribution in [3.05, 3.63) is 18.2 Å². The second kappa shape index (κ2) is 6.02. The van der Waals surface area contributed by atoms with Gasteiger partial charge in [0.1, 0.15) is 18.2 Å². The lowest BCUT2D eigenvalue weighted by Crippen LogP contribution is -2.44. The van der Waals surface area contributed by atoms with Gasteiger partial charge in [-0.15, -0.1) is 0 Å². The highest BCUT2D eigenvalue weighted by Crippen LogP contribution is 2.13. The van der Waals surface area contributed by atoms with Crippen molar-refractivity contribution in [3.8, 4) is 0 Å². The molecule has 0 spiro atoms. The van der Waals surface area contributed by atoms with Crippen molar-refractivity contribution in [3.63, 3.8) is 0 Å². The molecule has 110 valence electrons. The zero-order valence-electron chi connectivity index (χ0n) is 11.2. The first-order valence-corrected chi connectivity index (χ1v) is 6.36. The Morgan fingerprint density at radius 1 is 1.70 bits per heavy atom. The molecule has 1 aliphatic heterocycles. The number of nitrogens with one attached hydrogen (secondary N) is 1. The van der Waals surface area contributed by atoms with Gasteiger partial charge >= 0.3 is 11.9 Å². The van der Waals surface area contributed by atoms with Gasteiger partial charge in [-0.25, -0.2) is 4.98 Å². The lowest BCUT2D eigenvalue weighted by Gasteiger charge is -2.19. The molecule has 8 heteroatoms. The summed E-state index contributed by atoms with van der Waals surface area (Å²) in [4.78, 5) is 26.8. The topological polar surface area (TPSA) is 119 Å². The summed E-state index contributed by atoms with van der Waals surface area (Å²) in [6, 6.07) is -1.69. The molecule has 1 aromatic rings. The number of esters is 1. The van der Waals surface area contributed by atoms with Crippen LogP contribution in [0.1, 0.15) is 12.1 Å². The number of imidazole rings is 1. The van der Waals surface area contributed by atoms with Crippen LogP contribution in [0.3, 0.4) is 0 Å². The standard InChI is InChI=1S/C12H18N4O4/c1-16-6-14-5-7(16)4-8(13)12(19)20-9-2-3-15-10(9)11(17)18/h5-6,8-10,15H,2-4,13H2,1H3,(H,17,18)/t8-,9?,10-/m0/s1. The number of aliphatic carboxylic acids is 1. The molecule has 0 radical (unpaired) electrons. The first kappa shape index (κ1) is 14.5. The molecule has 0 bridgehead atoms. The van der Waals surface area contributed by atoms with E-state index in [1.165, 1.54) is 0 Å². The van der Waals surface area contributed by atoms with Crippen LogP contribution in [0.2, 0.25) is 0 Å². The molecular weight excluding hydrogens is 264 g/mol. The van der Waals surface area contributed by atoms with E-state index >= 15 is 0 Å². The SMILES string of the molecule is Cn1cncc1C[C@H](N)C(=O)OC1CCN[C@@H]1C(=O)O. The fourth-order valence-electron chi connectivity index (χ4n) is 2.18. The molecule has 2 heterocycles. The van der Waals surface area contributed by atoms with Gasteiger partial charge in [0.15, 0.2) is 0 Å². The fourth-order valence-corrected chi connectivity index (χ4v) is 2.18. The molecule has 1 unspecified atom stereocenters. The Kier molecular flexibility index (Phi) is 4.35. The van der Waals surface area contributed by atoms with Crippen molar-refractivity contribution in [1.29, 1.82) is 0 Å². The van der Waals surface area contributed by atoms with Crippen molar-refractivity contribution >= 4 is 11.9 Å². The largest absolute Gasteiger partial charge is 0.480 e. The summed E-state index contributed by atoms with van der Waals surface area (Å²) in [6.45, 7) is 0.506. The molecule has 1 aromatic heterocycles. The van der Waals surface area contributed by atoms with E-state index in [2.05, 4.69) is 10.3 Å². The van der Waals surface area contributed by atoms with Gasteiger partial charge in [0.05, 0.1) is 6.33 Å². The number of hydrogen-bond acceptors (Lipinski definition) is 6. The van der Waals surface area contributed by atoms with E-state index in [9.17, 15) is 9.59 Å². The molecule has 0 aromatic carbocycles. The zero-order chi connectivity index (χ0) is 14.7. The minimum atomic E-state index is -1.03. The van der Waals surface area contributed by atoms with Crippen LogP contribution >= 0.6 is 0 Å². The fraction of sp³-hybridized carbons (Fsp3) is 0.583. The van der Waals surface area contributed by atoms with Gasteiger partial charge in [-0.3, -0.25) is 9.59 Å². The molecule has 1 aliphatic rings. The Bertz CT molecular complexity index is 501. The second-order valence-electron chi connectivity index (χ2n) is 4.84. The van der Waals surface area contributed by atoms with Crippen LogP contribution in [0.15, 0.2) is 12.5 Å². The third-order valence-corrected chi connectivity index (χ3v) is 3.35. The van der Waals surface area contributed by atoms with Crippen molar-refractivity contribution < 1.29 is 19.4 Å². The summed E-state index contributed by atoms with van der Waals surface area (Å²) in [5, 5.41) is 11.8. The lowest BCUT2D eigenvalue weighted by molar-refractivity contribution is -0.155. The van der Waals surface area contributed by atoms with E-state index < -0.39 is 30.1 Å². The van der Waals surface area contributed by atoms with Crippen molar-refractivity contribution in [2.45, 2.75) is 31.0 Å². The summed E-state index contributed by atoms with van der Waals surface area (Å²) >= 11 is 0. The Morgan fingerprint density at radius 2 is 2.45 bits per heavy atom. The van der Waals surface area contributed by atoms with Gasteiger partial charge in [-0.2, -0.15) is 0 Å². The molecule has 4 N–H and O–H groups in total. The highest BCUT2D eigenvalue weighted by molar-refractivity contribution is 5.78. The predicted octanol–water partition coefficient (Wildman–Crippen LogP) is -1.35. The molecule has 1 saturated heterocycles. The van der Waals surface area contributed by atoms with Crippen LogP contribution in [0.5, 0.6) is 0 Å². The molecular formula is C12H18N4O4. The summed E-state index contributed by atoms with van der Waals surface area (Å²) in [5.74, 6) is -1.62. The number of rotatable bonds is 5. The third-order valence-electron chi connectivity index (χ3n) is 3.35. The van der Waals surface area contributed by atoms with Gasteiger partial charge < -0.3 is 25.5 Å². The quantitative estimate of drug-likeness (QED) is 0.571. The Labute approximate surface area is 115 Å². The maximum atomic E-state index is 11.9. The van der Waals surface area contributed by atoms with Crippen LogP contribution in [-0.4, -0.2) is 51.3 Å². The molecule has 0 amide bonds. The number of aromatic nitrogens is 2. The average Bonchev–Trinajstić information content (AvgIpc) is 2.99. The molecule has 0 saturated carbocycles. The molecule has 8 nitrogen and oxygen atoms in total. The van der Waals surface area contributed by atoms with Crippen LogP contribution < -0.4 is 11.1 Å². The Balaban J connectivity index is 1.91. The van der Waals surface area contributed by atoms with E-state index in [0.717, 1.165) is 5.69 Å². The zero-order valence-corrected chi connectivity index (χ0v) is 11.2. The van der Waals surface area contributed by atoms with Crippen LogP contribution in [-0.2, 0) is 27.8 Å². The Morgan fingerprint density at radius 3 is 3.05 bits per heavy atom. The van der Waals surface area contributed by atoms with Crippen molar-refractivity contribution in [2.75, 3.05) is 6.54 Å². The number of ether oxygens (including phenoxy) is 1. The first-order valence-electron chi connectivity index (χ1n) is 6.36. The van der Waals surface area contributed by atoms with Crippen LogP contribution in [0.25, 0.3) is 0 Å². The van der Waals surface area contributed by atoms with Gasteiger partial charge in [-0.1, -0.05) is 0 Å². The normalized spacial score (nSPS) is 23.5. The van der Waals surface area contributed by atoms with E-state index in [-0.39, 0.29) is 0 Å². The average molecular weight is 282 g/mol. The summed E-state index contributed by atoms with van der Waals surface area (Å²) < 4.78 is 6.97. The number of hydrogen-bond donors (Lipinski definition) is 3. The number of carboxylic acid groups (broad SMARTS) is 1. The van der Waals surface area contributed by atoms with Crippen molar-refractivity contribution in [2.24, 2.45) is 12.8 Å². The van der Waals surface area contributed by atoms with Crippen LogP contribution in [0.4, 0.5) is 0 Å². The maximum Gasteiger partial charge on any atom is 0.324 e. The van der Waals surface area contributed by atoms with Gasteiger partial charge in [0.25, 0.3) is 0 Å². The maximum absolute atomic E-state index is 11.9. The highest BCUT2D eigenvalue weighted by Gasteiger charge is 2.36. The van der Waals surface area contributed by atoms with Gasteiger partial charge in [0, 0.05) is 25.4 Å². The Hall–Kier alpha value is -1.93. The number of carboxylic acids is 1. The summed E-state index contributed by atoms with van der Waals surface area (Å²) in [7, 11) is 1.81. The molecule has 2 rings (SSSR count). The number of nitrogens with two attached hydrogens (primary N) is 1. The van der Waals surface area contributed by atoms with E-state index in [1.807, 2.05) is 7.05 Å². The molecule has 1 fully saturated rings. The monoisotopic (exact) mass is 282 g/mol. The number of aryl methyl sites for hydroxylation is 1. The molecule has 20 heavy (non-hydrogen) atoms. The lowest BCUT2D eigenvalue weighted by atomic mass is 10.1.